The van der Waals surface area contributed by atoms with Crippen LogP contribution in [0.2, 0.25) is 0 Å². The minimum absolute atomic E-state index is 0.317. The fraction of sp³-hybridized carbons (Fsp3) is 1.00. The van der Waals surface area contributed by atoms with Crippen molar-refractivity contribution >= 4 is 0 Å². The first-order valence-electron chi connectivity index (χ1n) is 6.24. The molecule has 1 unspecified atom stereocenters. The summed E-state index contributed by atoms with van der Waals surface area (Å²) in [7, 11) is 0. The van der Waals surface area contributed by atoms with Crippen molar-refractivity contribution in [2.45, 2.75) is 39.2 Å². The van der Waals surface area contributed by atoms with Gasteiger partial charge in [-0.3, -0.25) is 0 Å². The van der Waals surface area contributed by atoms with Gasteiger partial charge in [0.25, 0.3) is 0 Å². The van der Waals surface area contributed by atoms with Crippen LogP contribution in [0.5, 0.6) is 0 Å². The summed E-state index contributed by atoms with van der Waals surface area (Å²) in [5.74, 6) is 0.908. The van der Waals surface area contributed by atoms with Crippen LogP contribution < -0.4 is 0 Å². The van der Waals surface area contributed by atoms with Crippen LogP contribution in [-0.2, 0) is 4.74 Å². The zero-order valence-corrected chi connectivity index (χ0v) is 10.1. The van der Waals surface area contributed by atoms with Crippen LogP contribution in [0.4, 0.5) is 0 Å². The maximum absolute atomic E-state index is 9.69. The number of nitrogens with zero attached hydrogens (tertiary/aromatic N) is 1. The Balaban J connectivity index is 2.12. The van der Waals surface area contributed by atoms with Crippen LogP contribution >= 0.6 is 0 Å². The SMILES string of the molecule is CCOCC(O)CN1CCC(CC)CC1. The lowest BCUT2D eigenvalue weighted by atomic mass is 9.94. The van der Waals surface area contributed by atoms with E-state index in [0.29, 0.717) is 13.2 Å². The second-order valence-corrected chi connectivity index (χ2v) is 4.47. The van der Waals surface area contributed by atoms with Crippen LogP contribution in [0.1, 0.15) is 33.1 Å². The predicted molar refractivity (Wildman–Crippen MR) is 62.0 cm³/mol. The maximum atomic E-state index is 9.69. The van der Waals surface area contributed by atoms with E-state index in [4.69, 9.17) is 4.74 Å². The molecule has 3 nitrogen and oxygen atoms in total. The predicted octanol–water partition coefficient (Wildman–Crippen LogP) is 1.51. The van der Waals surface area contributed by atoms with Gasteiger partial charge in [0, 0.05) is 13.2 Å². The molecule has 0 aromatic carbocycles. The molecule has 1 aliphatic heterocycles. The average molecular weight is 215 g/mol. The average Bonchev–Trinajstić information content (AvgIpc) is 2.27. The zero-order chi connectivity index (χ0) is 11.1. The van der Waals surface area contributed by atoms with E-state index in [2.05, 4.69) is 11.8 Å². The molecule has 0 amide bonds. The number of hydrogen-bond donors (Lipinski definition) is 1. The molecule has 1 rings (SSSR count). The Kier molecular flexibility index (Phi) is 6.22. The van der Waals surface area contributed by atoms with Gasteiger partial charge >= 0.3 is 0 Å². The summed E-state index contributed by atoms with van der Waals surface area (Å²) in [4.78, 5) is 2.36. The Morgan fingerprint density at radius 3 is 2.53 bits per heavy atom. The molecule has 0 bridgehead atoms. The summed E-state index contributed by atoms with van der Waals surface area (Å²) in [6.45, 7) is 8.45. The van der Waals surface area contributed by atoms with Crippen LogP contribution in [0.15, 0.2) is 0 Å². The maximum Gasteiger partial charge on any atom is 0.0900 e. The second-order valence-electron chi connectivity index (χ2n) is 4.47. The normalized spacial score (nSPS) is 21.8. The Hall–Kier alpha value is -0.120. The van der Waals surface area contributed by atoms with Crippen LogP contribution in [-0.4, -0.2) is 49.0 Å². The first-order chi connectivity index (χ1) is 7.26. The standard InChI is InChI=1S/C12H25NO2/c1-3-11-5-7-13(8-6-11)9-12(14)10-15-4-2/h11-12,14H,3-10H2,1-2H3. The van der Waals surface area contributed by atoms with Gasteiger partial charge in [-0.25, -0.2) is 0 Å². The molecule has 0 saturated carbocycles. The molecule has 0 radical (unpaired) electrons. The minimum atomic E-state index is -0.317. The third-order valence-corrected chi connectivity index (χ3v) is 3.27. The number of aliphatic hydroxyl groups excluding tert-OH is 1. The highest BCUT2D eigenvalue weighted by molar-refractivity contribution is 4.73. The number of hydrogen-bond acceptors (Lipinski definition) is 3. The molecule has 3 heteroatoms. The third-order valence-electron chi connectivity index (χ3n) is 3.27. The molecule has 1 atom stereocenters. The van der Waals surface area contributed by atoms with E-state index in [0.717, 1.165) is 25.6 Å². The molecule has 1 saturated heterocycles. The lowest BCUT2D eigenvalue weighted by Crippen LogP contribution is -2.40. The van der Waals surface area contributed by atoms with E-state index in [9.17, 15) is 5.11 Å². The van der Waals surface area contributed by atoms with E-state index < -0.39 is 0 Å². The Bertz CT molecular complexity index is 156. The third kappa shape index (κ3) is 4.96. The van der Waals surface area contributed by atoms with Crippen molar-refractivity contribution in [1.29, 1.82) is 0 Å². The molecular weight excluding hydrogens is 190 g/mol. The molecule has 0 aromatic heterocycles. The number of ether oxygens (including phenoxy) is 1. The summed E-state index contributed by atoms with van der Waals surface area (Å²) in [5, 5.41) is 9.69. The van der Waals surface area contributed by atoms with Crippen molar-refractivity contribution in [2.24, 2.45) is 5.92 Å². The quantitative estimate of drug-likeness (QED) is 0.729. The Labute approximate surface area is 93.4 Å². The molecule has 15 heavy (non-hydrogen) atoms. The number of β-amino-alcohol motifs (C(OH)–C–C–N with tert-alkyl or cyclic N) is 1. The first-order valence-corrected chi connectivity index (χ1v) is 6.24. The van der Waals surface area contributed by atoms with Gasteiger partial charge in [-0.05, 0) is 38.8 Å². The topological polar surface area (TPSA) is 32.7 Å². The van der Waals surface area contributed by atoms with Crippen molar-refractivity contribution in [1.82, 2.24) is 4.90 Å². The molecule has 1 fully saturated rings. The first kappa shape index (κ1) is 12.9. The zero-order valence-electron chi connectivity index (χ0n) is 10.1. The van der Waals surface area contributed by atoms with Gasteiger partial charge in [-0.2, -0.15) is 0 Å². The summed E-state index contributed by atoms with van der Waals surface area (Å²) in [6.07, 6.45) is 3.56. The van der Waals surface area contributed by atoms with Crippen LogP contribution in [0.3, 0.4) is 0 Å². The summed E-state index contributed by atoms with van der Waals surface area (Å²) in [6, 6.07) is 0. The van der Waals surface area contributed by atoms with Gasteiger partial charge in [-0.15, -0.1) is 0 Å². The molecule has 1 N–H and O–H groups in total. The van der Waals surface area contributed by atoms with Crippen molar-refractivity contribution < 1.29 is 9.84 Å². The largest absolute Gasteiger partial charge is 0.389 e. The lowest BCUT2D eigenvalue weighted by Gasteiger charge is -2.32. The van der Waals surface area contributed by atoms with E-state index in [1.807, 2.05) is 6.92 Å². The molecular formula is C12H25NO2. The van der Waals surface area contributed by atoms with Gasteiger partial charge in [-0.1, -0.05) is 13.3 Å². The van der Waals surface area contributed by atoms with Crippen molar-refractivity contribution in [3.63, 3.8) is 0 Å². The van der Waals surface area contributed by atoms with Gasteiger partial charge < -0.3 is 14.7 Å². The highest BCUT2D eigenvalue weighted by Crippen LogP contribution is 2.19. The monoisotopic (exact) mass is 215 g/mol. The molecule has 1 aliphatic rings. The fourth-order valence-corrected chi connectivity index (χ4v) is 2.18. The number of rotatable bonds is 6. The van der Waals surface area contributed by atoms with E-state index >= 15 is 0 Å². The Morgan fingerprint density at radius 2 is 2.00 bits per heavy atom. The number of piperidine rings is 1. The molecule has 0 aliphatic carbocycles. The lowest BCUT2D eigenvalue weighted by molar-refractivity contribution is 0.0145. The summed E-state index contributed by atoms with van der Waals surface area (Å²) < 4.78 is 5.20. The molecule has 0 spiro atoms. The van der Waals surface area contributed by atoms with Crippen molar-refractivity contribution in [3.8, 4) is 0 Å². The van der Waals surface area contributed by atoms with E-state index in [-0.39, 0.29) is 6.10 Å². The van der Waals surface area contributed by atoms with Crippen LogP contribution in [0, 0.1) is 5.92 Å². The van der Waals surface area contributed by atoms with Gasteiger partial charge in [0.1, 0.15) is 0 Å². The highest BCUT2D eigenvalue weighted by atomic mass is 16.5. The van der Waals surface area contributed by atoms with E-state index in [1.165, 1.54) is 19.3 Å². The van der Waals surface area contributed by atoms with Gasteiger partial charge in [0.05, 0.1) is 12.7 Å². The minimum Gasteiger partial charge on any atom is -0.389 e. The second kappa shape index (κ2) is 7.20. The van der Waals surface area contributed by atoms with E-state index in [1.54, 1.807) is 0 Å². The molecule has 1 heterocycles. The van der Waals surface area contributed by atoms with Crippen LogP contribution in [0.25, 0.3) is 0 Å². The van der Waals surface area contributed by atoms with Gasteiger partial charge in [0.15, 0.2) is 0 Å². The molecule has 0 aromatic rings. The summed E-state index contributed by atoms with van der Waals surface area (Å²) >= 11 is 0. The smallest absolute Gasteiger partial charge is 0.0900 e. The highest BCUT2D eigenvalue weighted by Gasteiger charge is 2.19. The fourth-order valence-electron chi connectivity index (χ4n) is 2.18. The molecule has 90 valence electrons. The van der Waals surface area contributed by atoms with Crippen molar-refractivity contribution in [3.05, 3.63) is 0 Å². The number of aliphatic hydroxyl groups is 1. The van der Waals surface area contributed by atoms with Gasteiger partial charge in [0.2, 0.25) is 0 Å². The number of likely N-dealkylation sites (tertiary alicyclic amines) is 1. The van der Waals surface area contributed by atoms with Crippen molar-refractivity contribution in [2.75, 3.05) is 32.8 Å². The Morgan fingerprint density at radius 1 is 1.33 bits per heavy atom. The summed E-state index contributed by atoms with van der Waals surface area (Å²) in [5.41, 5.74) is 0.